The van der Waals surface area contributed by atoms with Crippen LogP contribution in [0.4, 0.5) is 0 Å². The molecular formula is C5H11NO. The number of rotatable bonds is 1. The minimum absolute atomic E-state index is 0.421. The molecule has 0 unspecified atom stereocenters. The molecule has 0 heterocycles. The molecule has 0 saturated heterocycles. The number of nitrogens with two attached hydrogens (primary N) is 1. The first kappa shape index (κ1) is 5.06. The lowest BCUT2D eigenvalue weighted by Gasteiger charge is -2.30. The van der Waals surface area contributed by atoms with Gasteiger partial charge in [0.05, 0.1) is 6.10 Å². The summed E-state index contributed by atoms with van der Waals surface area (Å²) in [5.74, 6) is 0. The van der Waals surface area contributed by atoms with Gasteiger partial charge in [0.15, 0.2) is 0 Å². The van der Waals surface area contributed by atoms with E-state index in [1.807, 2.05) is 0 Å². The van der Waals surface area contributed by atoms with Gasteiger partial charge in [0.1, 0.15) is 0 Å². The molecule has 0 radical (unpaired) electrons. The topological polar surface area (TPSA) is 35.2 Å². The first-order valence-electron chi connectivity index (χ1n) is 2.61. The van der Waals surface area contributed by atoms with E-state index in [0.29, 0.717) is 12.1 Å². The first-order chi connectivity index (χ1) is 3.33. The Morgan fingerprint density at radius 3 is 2.29 bits per heavy atom. The summed E-state index contributed by atoms with van der Waals surface area (Å²) in [6.45, 7) is 0. The largest absolute Gasteiger partial charge is 0.381 e. The maximum Gasteiger partial charge on any atom is 0.0600 e. The molecule has 0 spiro atoms. The lowest BCUT2D eigenvalue weighted by Crippen LogP contribution is -2.40. The van der Waals surface area contributed by atoms with E-state index < -0.39 is 0 Å². The van der Waals surface area contributed by atoms with Crippen molar-refractivity contribution in [1.82, 2.24) is 0 Å². The SMILES string of the molecule is CO[C@H]1C[C@@H](N)C1. The highest BCUT2D eigenvalue weighted by atomic mass is 16.5. The van der Waals surface area contributed by atoms with Gasteiger partial charge in [-0.15, -0.1) is 0 Å². The van der Waals surface area contributed by atoms with Gasteiger partial charge in [0.25, 0.3) is 0 Å². The van der Waals surface area contributed by atoms with Crippen LogP contribution in [0.15, 0.2) is 0 Å². The summed E-state index contributed by atoms with van der Waals surface area (Å²) >= 11 is 0. The molecule has 0 aromatic carbocycles. The zero-order valence-corrected chi connectivity index (χ0v) is 4.55. The maximum atomic E-state index is 5.46. The van der Waals surface area contributed by atoms with Crippen molar-refractivity contribution in [3.05, 3.63) is 0 Å². The fraction of sp³-hybridized carbons (Fsp3) is 1.00. The third kappa shape index (κ3) is 0.924. The number of hydrogen-bond acceptors (Lipinski definition) is 2. The van der Waals surface area contributed by atoms with E-state index in [-0.39, 0.29) is 0 Å². The van der Waals surface area contributed by atoms with Gasteiger partial charge < -0.3 is 10.5 Å². The lowest BCUT2D eigenvalue weighted by atomic mass is 9.90. The van der Waals surface area contributed by atoms with Crippen molar-refractivity contribution in [1.29, 1.82) is 0 Å². The third-order valence-electron chi connectivity index (χ3n) is 1.46. The van der Waals surface area contributed by atoms with Gasteiger partial charge in [0.2, 0.25) is 0 Å². The van der Waals surface area contributed by atoms with Crippen LogP contribution in [0.25, 0.3) is 0 Å². The lowest BCUT2D eigenvalue weighted by molar-refractivity contribution is 0.0279. The monoisotopic (exact) mass is 101 g/mol. The van der Waals surface area contributed by atoms with E-state index in [9.17, 15) is 0 Å². The van der Waals surface area contributed by atoms with E-state index >= 15 is 0 Å². The van der Waals surface area contributed by atoms with Crippen LogP contribution in [0.1, 0.15) is 12.8 Å². The Morgan fingerprint density at radius 2 is 2.14 bits per heavy atom. The molecule has 0 aromatic rings. The molecule has 1 saturated carbocycles. The Balaban J connectivity index is 2.06. The van der Waals surface area contributed by atoms with E-state index in [4.69, 9.17) is 10.5 Å². The van der Waals surface area contributed by atoms with Crippen LogP contribution < -0.4 is 5.73 Å². The van der Waals surface area contributed by atoms with E-state index in [2.05, 4.69) is 0 Å². The summed E-state index contributed by atoms with van der Waals surface area (Å²) in [6.07, 6.45) is 2.57. The molecule has 0 bridgehead atoms. The van der Waals surface area contributed by atoms with Gasteiger partial charge in [-0.1, -0.05) is 0 Å². The molecule has 2 heteroatoms. The molecule has 1 aliphatic rings. The number of hydrogen-bond donors (Lipinski definition) is 1. The molecular weight excluding hydrogens is 90.1 g/mol. The normalized spacial score (nSPS) is 40.3. The highest BCUT2D eigenvalue weighted by molar-refractivity contribution is 4.82. The van der Waals surface area contributed by atoms with Crippen molar-refractivity contribution in [2.75, 3.05) is 7.11 Å². The van der Waals surface area contributed by atoms with Gasteiger partial charge in [-0.25, -0.2) is 0 Å². The summed E-state index contributed by atoms with van der Waals surface area (Å²) in [4.78, 5) is 0. The summed E-state index contributed by atoms with van der Waals surface area (Å²) in [7, 11) is 1.73. The van der Waals surface area contributed by atoms with Crippen LogP contribution >= 0.6 is 0 Å². The predicted molar refractivity (Wildman–Crippen MR) is 28.0 cm³/mol. The van der Waals surface area contributed by atoms with E-state index in [1.54, 1.807) is 7.11 Å². The zero-order valence-electron chi connectivity index (χ0n) is 4.55. The molecule has 7 heavy (non-hydrogen) atoms. The Bertz CT molecular complexity index is 59.1. The third-order valence-corrected chi connectivity index (χ3v) is 1.46. The molecule has 1 aliphatic carbocycles. The van der Waals surface area contributed by atoms with Crippen molar-refractivity contribution >= 4 is 0 Å². The van der Waals surface area contributed by atoms with Crippen molar-refractivity contribution in [3.8, 4) is 0 Å². The fourth-order valence-electron chi connectivity index (χ4n) is 0.799. The summed E-state index contributed by atoms with van der Waals surface area (Å²) in [5, 5.41) is 0. The Morgan fingerprint density at radius 1 is 1.57 bits per heavy atom. The molecule has 2 N–H and O–H groups in total. The first-order valence-corrected chi connectivity index (χ1v) is 2.61. The van der Waals surface area contributed by atoms with Gasteiger partial charge in [-0.3, -0.25) is 0 Å². The molecule has 0 amide bonds. The number of methoxy groups -OCH3 is 1. The van der Waals surface area contributed by atoms with Gasteiger partial charge >= 0.3 is 0 Å². The Hall–Kier alpha value is -0.0800. The van der Waals surface area contributed by atoms with Crippen LogP contribution in [-0.4, -0.2) is 19.3 Å². The van der Waals surface area contributed by atoms with Crippen molar-refractivity contribution in [2.45, 2.75) is 25.0 Å². The molecule has 0 aliphatic heterocycles. The molecule has 2 nitrogen and oxygen atoms in total. The second kappa shape index (κ2) is 1.80. The summed E-state index contributed by atoms with van der Waals surface area (Å²) in [5.41, 5.74) is 5.46. The summed E-state index contributed by atoms with van der Waals surface area (Å²) in [6, 6.07) is 0.421. The van der Waals surface area contributed by atoms with E-state index in [0.717, 1.165) is 12.8 Å². The van der Waals surface area contributed by atoms with Gasteiger partial charge in [0, 0.05) is 13.2 Å². The molecule has 1 fully saturated rings. The van der Waals surface area contributed by atoms with Crippen molar-refractivity contribution < 1.29 is 4.74 Å². The summed E-state index contributed by atoms with van der Waals surface area (Å²) < 4.78 is 4.98. The second-order valence-electron chi connectivity index (χ2n) is 2.09. The van der Waals surface area contributed by atoms with Crippen LogP contribution in [-0.2, 0) is 4.74 Å². The highest BCUT2D eigenvalue weighted by Gasteiger charge is 2.24. The quantitative estimate of drug-likeness (QED) is 0.509. The zero-order chi connectivity index (χ0) is 5.28. The van der Waals surface area contributed by atoms with Crippen LogP contribution in [0.5, 0.6) is 0 Å². The van der Waals surface area contributed by atoms with Gasteiger partial charge in [-0.05, 0) is 12.8 Å². The van der Waals surface area contributed by atoms with Crippen molar-refractivity contribution in [3.63, 3.8) is 0 Å². The predicted octanol–water partition coefficient (Wildman–Crippen LogP) is 0.122. The number of ether oxygens (including phenoxy) is 1. The van der Waals surface area contributed by atoms with E-state index in [1.165, 1.54) is 0 Å². The Kier molecular flexibility index (Phi) is 1.30. The molecule has 0 atom stereocenters. The van der Waals surface area contributed by atoms with Gasteiger partial charge in [-0.2, -0.15) is 0 Å². The van der Waals surface area contributed by atoms with Crippen LogP contribution in [0.2, 0.25) is 0 Å². The average molecular weight is 101 g/mol. The average Bonchev–Trinajstić information content (AvgIpc) is 1.58. The van der Waals surface area contributed by atoms with Crippen LogP contribution in [0, 0.1) is 0 Å². The van der Waals surface area contributed by atoms with Crippen LogP contribution in [0.3, 0.4) is 0 Å². The minimum Gasteiger partial charge on any atom is -0.381 e. The minimum atomic E-state index is 0.421. The molecule has 42 valence electrons. The standard InChI is InChI=1S/C5H11NO/c1-7-5-2-4(6)3-5/h4-5H,2-3,6H2,1H3/t4-,5+. The maximum absolute atomic E-state index is 5.46. The smallest absolute Gasteiger partial charge is 0.0600 e. The van der Waals surface area contributed by atoms with Crippen molar-refractivity contribution in [2.24, 2.45) is 5.73 Å². The highest BCUT2D eigenvalue weighted by Crippen LogP contribution is 2.19. The molecule has 0 aromatic heterocycles. The fourth-order valence-corrected chi connectivity index (χ4v) is 0.799. The second-order valence-corrected chi connectivity index (χ2v) is 2.09. The Labute approximate surface area is 43.6 Å². The molecule has 1 rings (SSSR count).